The molecule has 6 heteroatoms. The van der Waals surface area contributed by atoms with Crippen molar-refractivity contribution in [3.05, 3.63) is 35.6 Å². The third kappa shape index (κ3) is 5.02. The maximum atomic E-state index is 13.7. The first kappa shape index (κ1) is 16.8. The predicted molar refractivity (Wildman–Crippen MR) is 86.1 cm³/mol. The van der Waals surface area contributed by atoms with Crippen molar-refractivity contribution in [1.82, 2.24) is 10.2 Å². The zero-order chi connectivity index (χ0) is 16.1. The number of rotatable bonds is 7. The first-order valence-electron chi connectivity index (χ1n) is 7.36. The first-order chi connectivity index (χ1) is 10.5. The van der Waals surface area contributed by atoms with Gasteiger partial charge in [-0.3, -0.25) is 9.59 Å². The second-order valence-corrected chi connectivity index (χ2v) is 6.90. The summed E-state index contributed by atoms with van der Waals surface area (Å²) in [5.41, 5.74) is 0.592. The minimum atomic E-state index is -0.257. The number of carbonyl (C=O) groups excluding carboxylic acids is 2. The van der Waals surface area contributed by atoms with Gasteiger partial charge >= 0.3 is 0 Å². The van der Waals surface area contributed by atoms with Crippen LogP contribution in [0.5, 0.6) is 0 Å². The van der Waals surface area contributed by atoms with Crippen molar-refractivity contribution >= 4 is 23.6 Å². The molecule has 0 bridgehead atoms. The molecule has 1 aromatic carbocycles. The lowest BCUT2D eigenvalue weighted by atomic mass is 10.1. The zero-order valence-electron chi connectivity index (χ0n) is 12.8. The van der Waals surface area contributed by atoms with Crippen LogP contribution in [-0.2, 0) is 9.59 Å². The molecule has 2 amide bonds. The van der Waals surface area contributed by atoms with Crippen LogP contribution in [0.1, 0.15) is 30.6 Å². The van der Waals surface area contributed by atoms with Crippen LogP contribution < -0.4 is 5.32 Å². The van der Waals surface area contributed by atoms with Gasteiger partial charge in [0.05, 0.1) is 12.3 Å². The summed E-state index contributed by atoms with van der Waals surface area (Å²) in [5, 5.41) is 2.74. The third-order valence-corrected chi connectivity index (χ3v) is 4.72. The standard InChI is InChI=1S/C16H21FN2O2S/c1-11(13-5-3-4-6-14(13)17)22-10-16(21)19(2)9-15(20)18-12-7-8-12/h3-6,11-12H,7-10H2,1-2H3,(H,18,20). The van der Waals surface area contributed by atoms with E-state index in [2.05, 4.69) is 5.32 Å². The van der Waals surface area contributed by atoms with E-state index in [0.29, 0.717) is 11.6 Å². The van der Waals surface area contributed by atoms with E-state index >= 15 is 0 Å². The Labute approximate surface area is 134 Å². The molecule has 0 heterocycles. The van der Waals surface area contributed by atoms with Gasteiger partial charge in [-0.1, -0.05) is 18.2 Å². The van der Waals surface area contributed by atoms with Gasteiger partial charge in [0, 0.05) is 23.9 Å². The van der Waals surface area contributed by atoms with Crippen molar-refractivity contribution in [2.24, 2.45) is 0 Å². The van der Waals surface area contributed by atoms with Crippen LogP contribution in [-0.4, -0.2) is 42.1 Å². The van der Waals surface area contributed by atoms with Gasteiger partial charge in [-0.15, -0.1) is 11.8 Å². The molecule has 1 aliphatic rings. The molecule has 0 aliphatic heterocycles. The number of thioether (sulfide) groups is 1. The molecule has 0 saturated heterocycles. The van der Waals surface area contributed by atoms with E-state index in [1.54, 1.807) is 25.2 Å². The molecule has 1 fully saturated rings. The van der Waals surface area contributed by atoms with Crippen molar-refractivity contribution in [2.75, 3.05) is 19.3 Å². The molecule has 1 aromatic rings. The van der Waals surface area contributed by atoms with E-state index in [4.69, 9.17) is 0 Å². The second-order valence-electron chi connectivity index (χ2n) is 5.57. The highest BCUT2D eigenvalue weighted by Crippen LogP contribution is 2.29. The number of benzene rings is 1. The van der Waals surface area contributed by atoms with Crippen LogP contribution in [0, 0.1) is 5.82 Å². The highest BCUT2D eigenvalue weighted by Gasteiger charge is 2.24. The predicted octanol–water partition coefficient (Wildman–Crippen LogP) is 2.36. The van der Waals surface area contributed by atoms with Gasteiger partial charge in [0.15, 0.2) is 0 Å². The van der Waals surface area contributed by atoms with Crippen molar-refractivity contribution in [1.29, 1.82) is 0 Å². The number of nitrogens with zero attached hydrogens (tertiary/aromatic N) is 1. The molecule has 1 N–H and O–H groups in total. The van der Waals surface area contributed by atoms with Gasteiger partial charge in [-0.05, 0) is 25.8 Å². The van der Waals surface area contributed by atoms with Crippen LogP contribution in [0.3, 0.4) is 0 Å². The summed E-state index contributed by atoms with van der Waals surface area (Å²) in [4.78, 5) is 25.1. The lowest BCUT2D eigenvalue weighted by molar-refractivity contribution is -0.132. The molecule has 1 aliphatic carbocycles. The summed E-state index contributed by atoms with van der Waals surface area (Å²) in [6.45, 7) is 1.94. The Morgan fingerprint density at radius 2 is 2.09 bits per heavy atom. The number of likely N-dealkylation sites (N-methyl/N-ethyl adjacent to an activating group) is 1. The Bertz CT molecular complexity index is 549. The van der Waals surface area contributed by atoms with Crippen LogP contribution in [0.4, 0.5) is 4.39 Å². The number of hydrogen-bond donors (Lipinski definition) is 1. The minimum absolute atomic E-state index is 0.0734. The normalized spacial score (nSPS) is 15.2. The number of nitrogens with one attached hydrogen (secondary N) is 1. The highest BCUT2D eigenvalue weighted by atomic mass is 32.2. The summed E-state index contributed by atoms with van der Waals surface area (Å²) < 4.78 is 13.7. The Kier molecular flexibility index (Phi) is 5.83. The highest BCUT2D eigenvalue weighted by molar-refractivity contribution is 8.00. The van der Waals surface area contributed by atoms with Crippen LogP contribution in [0.25, 0.3) is 0 Å². The molecule has 0 aromatic heterocycles. The number of amides is 2. The summed E-state index contributed by atoms with van der Waals surface area (Å²) >= 11 is 1.37. The average Bonchev–Trinajstić information content (AvgIpc) is 3.28. The third-order valence-electron chi connectivity index (χ3n) is 3.55. The molecule has 0 radical (unpaired) electrons. The topological polar surface area (TPSA) is 49.4 Å². The molecule has 2 rings (SSSR count). The largest absolute Gasteiger partial charge is 0.352 e. The molecule has 120 valence electrons. The van der Waals surface area contributed by atoms with Crippen LogP contribution >= 0.6 is 11.8 Å². The maximum absolute atomic E-state index is 13.7. The first-order valence-corrected chi connectivity index (χ1v) is 8.41. The molecule has 1 atom stereocenters. The molecular formula is C16H21FN2O2S. The van der Waals surface area contributed by atoms with Gasteiger partial charge in [-0.2, -0.15) is 0 Å². The molecule has 22 heavy (non-hydrogen) atoms. The minimum Gasteiger partial charge on any atom is -0.352 e. The van der Waals surface area contributed by atoms with Gasteiger partial charge in [0.2, 0.25) is 11.8 Å². The maximum Gasteiger partial charge on any atom is 0.239 e. The van der Waals surface area contributed by atoms with E-state index in [-0.39, 0.29) is 35.2 Å². The van der Waals surface area contributed by atoms with Gasteiger partial charge in [-0.25, -0.2) is 4.39 Å². The Morgan fingerprint density at radius 3 is 2.73 bits per heavy atom. The van der Waals surface area contributed by atoms with E-state index < -0.39 is 0 Å². The Balaban J connectivity index is 1.76. The summed E-state index contributed by atoms with van der Waals surface area (Å²) in [6.07, 6.45) is 2.05. The summed E-state index contributed by atoms with van der Waals surface area (Å²) in [5.74, 6) is -0.278. The number of hydrogen-bond acceptors (Lipinski definition) is 3. The van der Waals surface area contributed by atoms with Gasteiger partial charge in [0.25, 0.3) is 0 Å². The fourth-order valence-electron chi connectivity index (χ4n) is 2.01. The lowest BCUT2D eigenvalue weighted by Gasteiger charge is -2.18. The molecule has 4 nitrogen and oxygen atoms in total. The Hall–Kier alpha value is -1.56. The smallest absolute Gasteiger partial charge is 0.239 e. The number of halogens is 1. The summed E-state index contributed by atoms with van der Waals surface area (Å²) in [6, 6.07) is 6.87. The van der Waals surface area contributed by atoms with E-state index in [1.165, 1.54) is 22.7 Å². The van der Waals surface area contributed by atoms with Crippen molar-refractivity contribution < 1.29 is 14.0 Å². The van der Waals surface area contributed by atoms with Crippen molar-refractivity contribution in [2.45, 2.75) is 31.1 Å². The average molecular weight is 324 g/mol. The van der Waals surface area contributed by atoms with E-state index in [0.717, 1.165) is 12.8 Å². The van der Waals surface area contributed by atoms with Gasteiger partial charge < -0.3 is 10.2 Å². The van der Waals surface area contributed by atoms with E-state index in [9.17, 15) is 14.0 Å². The van der Waals surface area contributed by atoms with Crippen molar-refractivity contribution in [3.63, 3.8) is 0 Å². The van der Waals surface area contributed by atoms with Gasteiger partial charge in [0.1, 0.15) is 5.82 Å². The summed E-state index contributed by atoms with van der Waals surface area (Å²) in [7, 11) is 1.61. The molecule has 1 unspecified atom stereocenters. The van der Waals surface area contributed by atoms with Crippen molar-refractivity contribution in [3.8, 4) is 0 Å². The number of carbonyl (C=O) groups is 2. The van der Waals surface area contributed by atoms with Crippen LogP contribution in [0.2, 0.25) is 0 Å². The molecule has 1 saturated carbocycles. The van der Waals surface area contributed by atoms with Crippen LogP contribution in [0.15, 0.2) is 24.3 Å². The second kappa shape index (κ2) is 7.63. The molecule has 0 spiro atoms. The Morgan fingerprint density at radius 1 is 1.41 bits per heavy atom. The quantitative estimate of drug-likeness (QED) is 0.838. The molecular weight excluding hydrogens is 303 g/mol. The fraction of sp³-hybridized carbons (Fsp3) is 0.500. The zero-order valence-corrected chi connectivity index (χ0v) is 13.7. The SMILES string of the molecule is CC(SCC(=O)N(C)CC(=O)NC1CC1)c1ccccc1F. The fourth-order valence-corrected chi connectivity index (χ4v) is 2.99. The lowest BCUT2D eigenvalue weighted by Crippen LogP contribution is -2.39. The monoisotopic (exact) mass is 324 g/mol. The van der Waals surface area contributed by atoms with E-state index in [1.807, 2.05) is 6.92 Å².